The molecule has 1 saturated heterocycles. The van der Waals surface area contributed by atoms with Crippen molar-refractivity contribution in [3.05, 3.63) is 35.3 Å². The van der Waals surface area contributed by atoms with Crippen LogP contribution < -0.4 is 4.90 Å². The second-order valence-corrected chi connectivity index (χ2v) is 6.45. The lowest BCUT2D eigenvalue weighted by Gasteiger charge is -2.16. The van der Waals surface area contributed by atoms with Gasteiger partial charge in [-0.3, -0.25) is 5.10 Å². The number of nitrogens with zero attached hydrogens (tertiary/aromatic N) is 4. The lowest BCUT2D eigenvalue weighted by Crippen LogP contribution is -2.22. The molecule has 0 spiro atoms. The fourth-order valence-corrected chi connectivity index (χ4v) is 2.90. The van der Waals surface area contributed by atoms with Gasteiger partial charge in [-0.05, 0) is 37.5 Å². The second-order valence-electron chi connectivity index (χ2n) is 6.45. The first-order valence-corrected chi connectivity index (χ1v) is 7.80. The normalized spacial score (nSPS) is 21.8. The van der Waals surface area contributed by atoms with Crippen LogP contribution in [0.15, 0.2) is 18.2 Å². The summed E-state index contributed by atoms with van der Waals surface area (Å²) >= 11 is 0. The number of H-pyrrole nitrogens is 1. The van der Waals surface area contributed by atoms with Gasteiger partial charge in [0.1, 0.15) is 0 Å². The van der Waals surface area contributed by atoms with Gasteiger partial charge < -0.3 is 10.0 Å². The van der Waals surface area contributed by atoms with Gasteiger partial charge in [0.05, 0.1) is 17.5 Å². The number of aliphatic hydroxyl groups is 1. The van der Waals surface area contributed by atoms with E-state index in [-0.39, 0.29) is 12.0 Å². The number of aromatic amines is 1. The van der Waals surface area contributed by atoms with Gasteiger partial charge >= 0.3 is 0 Å². The van der Waals surface area contributed by atoms with E-state index in [1.54, 1.807) is 0 Å². The average molecular weight is 301 g/mol. The Hall–Kier alpha value is -1.95. The highest BCUT2D eigenvalue weighted by Gasteiger charge is 2.32. The summed E-state index contributed by atoms with van der Waals surface area (Å²) in [6, 6.07) is 6.05. The van der Waals surface area contributed by atoms with Gasteiger partial charge in [-0.25, -0.2) is 0 Å². The summed E-state index contributed by atoms with van der Waals surface area (Å²) < 4.78 is 0. The van der Waals surface area contributed by atoms with Crippen LogP contribution in [0.4, 0.5) is 5.82 Å². The molecule has 3 heterocycles. The quantitative estimate of drug-likeness (QED) is 0.898. The smallest absolute Gasteiger partial charge is 0.151 e. The highest BCUT2D eigenvalue weighted by atomic mass is 16.3. The van der Waals surface area contributed by atoms with Crippen LogP contribution in [0, 0.1) is 12.8 Å². The predicted octanol–water partition coefficient (Wildman–Crippen LogP) is 1.67. The average Bonchev–Trinajstić information content (AvgIpc) is 3.06. The summed E-state index contributed by atoms with van der Waals surface area (Å²) in [6.07, 6.45) is 0.419. The molecule has 0 saturated carbocycles. The maximum absolute atomic E-state index is 10.3. The Morgan fingerprint density at radius 2 is 2.14 bits per heavy atom. The van der Waals surface area contributed by atoms with Crippen molar-refractivity contribution in [3.63, 3.8) is 0 Å². The Morgan fingerprint density at radius 3 is 2.73 bits per heavy atom. The summed E-state index contributed by atoms with van der Waals surface area (Å²) in [5.41, 5.74) is 3.05. The van der Waals surface area contributed by atoms with E-state index in [0.717, 1.165) is 35.9 Å². The molecule has 2 aromatic rings. The van der Waals surface area contributed by atoms with Crippen molar-refractivity contribution in [3.8, 4) is 0 Å². The maximum Gasteiger partial charge on any atom is 0.151 e. The summed E-state index contributed by atoms with van der Waals surface area (Å²) in [5, 5.41) is 26.1. The van der Waals surface area contributed by atoms with E-state index in [2.05, 4.69) is 39.1 Å². The first-order chi connectivity index (χ1) is 10.5. The number of aryl methyl sites for hydroxylation is 1. The van der Waals surface area contributed by atoms with E-state index in [1.807, 2.05) is 25.1 Å². The molecule has 2 N–H and O–H groups in total. The maximum atomic E-state index is 10.3. The lowest BCUT2D eigenvalue weighted by molar-refractivity contribution is 0.148. The Bertz CT molecular complexity index is 622. The molecule has 6 nitrogen and oxygen atoms in total. The Labute approximate surface area is 130 Å². The number of rotatable bonds is 4. The third-order valence-corrected chi connectivity index (χ3v) is 4.22. The van der Waals surface area contributed by atoms with E-state index in [1.165, 1.54) is 0 Å². The molecule has 2 atom stereocenters. The Morgan fingerprint density at radius 1 is 1.32 bits per heavy atom. The molecule has 0 radical (unpaired) electrons. The minimum atomic E-state index is -0.358. The zero-order valence-electron chi connectivity index (χ0n) is 13.3. The van der Waals surface area contributed by atoms with E-state index >= 15 is 0 Å². The lowest BCUT2D eigenvalue weighted by atomic mass is 10.0. The molecule has 0 amide bonds. The van der Waals surface area contributed by atoms with Crippen molar-refractivity contribution < 1.29 is 5.11 Å². The van der Waals surface area contributed by atoms with Gasteiger partial charge in [0.2, 0.25) is 0 Å². The van der Waals surface area contributed by atoms with E-state index in [0.29, 0.717) is 12.5 Å². The van der Waals surface area contributed by atoms with E-state index in [4.69, 9.17) is 0 Å². The molecule has 0 aliphatic carbocycles. The monoisotopic (exact) mass is 301 g/mol. The van der Waals surface area contributed by atoms with Crippen LogP contribution in [0.25, 0.3) is 0 Å². The summed E-state index contributed by atoms with van der Waals surface area (Å²) in [7, 11) is 0. The van der Waals surface area contributed by atoms with Crippen LogP contribution in [-0.4, -0.2) is 44.7 Å². The van der Waals surface area contributed by atoms with Gasteiger partial charge in [-0.15, -0.1) is 5.10 Å². The van der Waals surface area contributed by atoms with E-state index < -0.39 is 0 Å². The van der Waals surface area contributed by atoms with Gasteiger partial charge in [0.25, 0.3) is 0 Å². The topological polar surface area (TPSA) is 77.9 Å². The molecule has 0 bridgehead atoms. The van der Waals surface area contributed by atoms with Crippen molar-refractivity contribution in [2.24, 2.45) is 5.92 Å². The second kappa shape index (κ2) is 6.04. The van der Waals surface area contributed by atoms with Crippen LogP contribution in [0.2, 0.25) is 0 Å². The van der Waals surface area contributed by atoms with Crippen molar-refractivity contribution in [1.82, 2.24) is 20.4 Å². The van der Waals surface area contributed by atoms with Crippen molar-refractivity contribution >= 4 is 5.82 Å². The minimum Gasteiger partial charge on any atom is -0.391 e. The Kier molecular flexibility index (Phi) is 4.11. The molecule has 2 aromatic heterocycles. The van der Waals surface area contributed by atoms with E-state index in [9.17, 15) is 5.11 Å². The number of aliphatic hydroxyl groups excluding tert-OH is 1. The number of anilines is 1. The first-order valence-electron chi connectivity index (χ1n) is 7.80. The number of aromatic nitrogens is 4. The fourth-order valence-electron chi connectivity index (χ4n) is 2.90. The fraction of sp³-hybridized carbons (Fsp3) is 0.562. The van der Waals surface area contributed by atoms with Crippen molar-refractivity contribution in [1.29, 1.82) is 0 Å². The first kappa shape index (κ1) is 15.0. The van der Waals surface area contributed by atoms with Crippen LogP contribution in [0.5, 0.6) is 0 Å². The number of hydrogen-bond donors (Lipinski definition) is 2. The SMILES string of the molecule is Cc1cc(C[C@@H]2CN(c3ccc(C(C)C)nn3)C[C@H]2O)n[nH]1. The summed E-state index contributed by atoms with van der Waals surface area (Å²) in [6.45, 7) is 7.57. The van der Waals surface area contributed by atoms with Gasteiger partial charge in [0, 0.05) is 24.7 Å². The largest absolute Gasteiger partial charge is 0.391 e. The molecule has 1 fully saturated rings. The zero-order valence-corrected chi connectivity index (χ0v) is 13.3. The van der Waals surface area contributed by atoms with Gasteiger partial charge in [0.15, 0.2) is 5.82 Å². The van der Waals surface area contributed by atoms with Crippen molar-refractivity contribution in [2.45, 2.75) is 39.2 Å². The van der Waals surface area contributed by atoms with Gasteiger partial charge in [-0.1, -0.05) is 13.8 Å². The van der Waals surface area contributed by atoms with Crippen LogP contribution in [0.1, 0.15) is 36.8 Å². The third-order valence-electron chi connectivity index (χ3n) is 4.22. The molecular weight excluding hydrogens is 278 g/mol. The van der Waals surface area contributed by atoms with Gasteiger partial charge in [-0.2, -0.15) is 10.2 Å². The molecule has 1 aliphatic heterocycles. The highest BCUT2D eigenvalue weighted by Crippen LogP contribution is 2.25. The number of hydrogen-bond acceptors (Lipinski definition) is 5. The Balaban J connectivity index is 1.67. The third kappa shape index (κ3) is 3.11. The molecule has 3 rings (SSSR count). The molecule has 0 aromatic carbocycles. The van der Waals surface area contributed by atoms with Crippen molar-refractivity contribution in [2.75, 3.05) is 18.0 Å². The molecule has 6 heteroatoms. The molecule has 118 valence electrons. The highest BCUT2D eigenvalue weighted by molar-refractivity contribution is 5.39. The minimum absolute atomic E-state index is 0.175. The molecule has 1 aliphatic rings. The zero-order chi connectivity index (χ0) is 15.7. The summed E-state index contributed by atoms with van der Waals surface area (Å²) in [4.78, 5) is 2.10. The summed E-state index contributed by atoms with van der Waals surface area (Å²) in [5.74, 6) is 1.39. The molecule has 0 unspecified atom stereocenters. The predicted molar refractivity (Wildman–Crippen MR) is 84.9 cm³/mol. The standard InChI is InChI=1S/C16H23N5O/c1-10(2)14-4-5-16(20-19-14)21-8-12(15(22)9-21)7-13-6-11(3)17-18-13/h4-6,10,12,15,22H,7-9H2,1-3H3,(H,17,18)/t12-,15-/m1/s1. The number of nitrogens with one attached hydrogen (secondary N) is 1. The number of β-amino-alcohol motifs (C(OH)–C–C–N with tert-alkyl or cyclic N) is 1. The van der Waals surface area contributed by atoms with Crippen LogP contribution in [0.3, 0.4) is 0 Å². The molecular formula is C16H23N5O. The molecule has 22 heavy (non-hydrogen) atoms. The van der Waals surface area contributed by atoms with Crippen LogP contribution in [-0.2, 0) is 6.42 Å². The van der Waals surface area contributed by atoms with Crippen LogP contribution >= 0.6 is 0 Å².